The summed E-state index contributed by atoms with van der Waals surface area (Å²) in [4.78, 5) is 3.94. The van der Waals surface area contributed by atoms with Crippen molar-refractivity contribution in [1.29, 1.82) is 0 Å². The second kappa shape index (κ2) is 5.45. The quantitative estimate of drug-likeness (QED) is 0.886. The zero-order chi connectivity index (χ0) is 13.6. The molecule has 2 bridgehead atoms. The van der Waals surface area contributed by atoms with Crippen molar-refractivity contribution in [3.63, 3.8) is 0 Å². The number of hydrogen-bond acceptors (Lipinski definition) is 4. The van der Waals surface area contributed by atoms with E-state index in [1.54, 1.807) is 11.3 Å². The molecule has 5 heteroatoms. The number of aliphatic hydroxyl groups is 1. The van der Waals surface area contributed by atoms with Gasteiger partial charge in [-0.05, 0) is 60.7 Å². The lowest BCUT2D eigenvalue weighted by Gasteiger charge is -2.43. The average Bonchev–Trinajstić information content (AvgIpc) is 2.84. The lowest BCUT2D eigenvalue weighted by atomic mass is 9.95. The maximum absolute atomic E-state index is 9.94. The molecule has 3 heterocycles. The minimum Gasteiger partial charge on any atom is -0.393 e. The van der Waals surface area contributed by atoms with Crippen molar-refractivity contribution < 1.29 is 5.11 Å². The third kappa shape index (κ3) is 2.63. The summed E-state index contributed by atoms with van der Waals surface area (Å²) in [6.45, 7) is 2.10. The average molecular weight is 345 g/mol. The fourth-order valence-corrected chi connectivity index (χ4v) is 5.45. The number of fused-ring (bicyclic) bond motifs is 2. The number of thiophene rings is 1. The van der Waals surface area contributed by atoms with Crippen molar-refractivity contribution in [3.05, 3.63) is 20.8 Å². The van der Waals surface area contributed by atoms with Crippen molar-refractivity contribution in [3.8, 4) is 0 Å². The first kappa shape index (κ1) is 14.0. The molecule has 4 atom stereocenters. The molecule has 0 aromatic carbocycles. The summed E-state index contributed by atoms with van der Waals surface area (Å²) in [6.07, 6.45) is 4.12. The predicted molar refractivity (Wildman–Crippen MR) is 82.3 cm³/mol. The maximum atomic E-state index is 9.94. The highest BCUT2D eigenvalue weighted by molar-refractivity contribution is 9.11. The summed E-state index contributed by atoms with van der Waals surface area (Å²) in [7, 11) is 0. The Balaban J connectivity index is 1.89. The zero-order valence-electron chi connectivity index (χ0n) is 11.1. The summed E-state index contributed by atoms with van der Waals surface area (Å²) in [6, 6.07) is 5.71. The van der Waals surface area contributed by atoms with Crippen LogP contribution in [0.3, 0.4) is 0 Å². The van der Waals surface area contributed by atoms with Gasteiger partial charge in [-0.1, -0.05) is 0 Å². The van der Waals surface area contributed by atoms with Crippen LogP contribution in [-0.2, 0) is 0 Å². The van der Waals surface area contributed by atoms with E-state index in [1.165, 1.54) is 17.7 Å². The highest BCUT2D eigenvalue weighted by Crippen LogP contribution is 2.44. The van der Waals surface area contributed by atoms with E-state index >= 15 is 0 Å². The molecule has 4 unspecified atom stereocenters. The highest BCUT2D eigenvalue weighted by Gasteiger charge is 2.45. The smallest absolute Gasteiger partial charge is 0.0702 e. The van der Waals surface area contributed by atoms with Gasteiger partial charge in [-0.2, -0.15) is 0 Å². The van der Waals surface area contributed by atoms with Gasteiger partial charge in [0.05, 0.1) is 15.9 Å². The second-order valence-corrected chi connectivity index (χ2v) is 8.40. The Labute approximate surface area is 126 Å². The summed E-state index contributed by atoms with van der Waals surface area (Å²) >= 11 is 5.33. The van der Waals surface area contributed by atoms with E-state index in [2.05, 4.69) is 39.9 Å². The van der Waals surface area contributed by atoms with Crippen LogP contribution in [0.2, 0.25) is 0 Å². The molecule has 1 aromatic heterocycles. The van der Waals surface area contributed by atoms with Crippen LogP contribution in [0, 0.1) is 0 Å². The molecule has 3 N–H and O–H groups in total. The van der Waals surface area contributed by atoms with E-state index in [9.17, 15) is 5.11 Å². The molecule has 0 amide bonds. The largest absolute Gasteiger partial charge is 0.393 e. The molecule has 0 saturated carbocycles. The highest BCUT2D eigenvalue weighted by atomic mass is 79.9. The molecule has 0 spiro atoms. The fourth-order valence-electron chi connectivity index (χ4n) is 3.80. The van der Waals surface area contributed by atoms with Crippen LogP contribution < -0.4 is 5.73 Å². The van der Waals surface area contributed by atoms with Crippen molar-refractivity contribution in [2.24, 2.45) is 5.73 Å². The first-order valence-electron chi connectivity index (χ1n) is 7.02. The molecule has 2 saturated heterocycles. The summed E-state index contributed by atoms with van der Waals surface area (Å²) in [5.41, 5.74) is 6.28. The Morgan fingerprint density at radius 2 is 2.00 bits per heavy atom. The molecule has 1 aromatic rings. The Kier molecular flexibility index (Phi) is 4.02. The van der Waals surface area contributed by atoms with Crippen LogP contribution in [0.4, 0.5) is 0 Å². The van der Waals surface area contributed by atoms with E-state index < -0.39 is 0 Å². The standard InChI is InChI=1S/C14H21BrN2OS/c1-8(16)14(12-4-5-13(15)19-12)17-9-2-3-10(17)7-11(18)6-9/h4-5,8-11,14,18H,2-3,6-7,16H2,1H3. The van der Waals surface area contributed by atoms with Gasteiger partial charge in [0, 0.05) is 23.0 Å². The lowest BCUT2D eigenvalue weighted by Crippen LogP contribution is -2.50. The zero-order valence-corrected chi connectivity index (χ0v) is 13.5. The molecule has 2 fully saturated rings. The molecular formula is C14H21BrN2OS. The fraction of sp³-hybridized carbons (Fsp3) is 0.714. The van der Waals surface area contributed by atoms with E-state index in [0.29, 0.717) is 18.1 Å². The van der Waals surface area contributed by atoms with Crippen LogP contribution in [-0.4, -0.2) is 34.2 Å². The van der Waals surface area contributed by atoms with E-state index in [1.807, 2.05) is 0 Å². The van der Waals surface area contributed by atoms with Gasteiger partial charge in [0.25, 0.3) is 0 Å². The Morgan fingerprint density at radius 3 is 2.47 bits per heavy atom. The molecular weight excluding hydrogens is 324 g/mol. The first-order valence-corrected chi connectivity index (χ1v) is 8.63. The SMILES string of the molecule is CC(N)C(c1ccc(Br)s1)N1C2CCC1CC(O)C2. The van der Waals surface area contributed by atoms with Gasteiger partial charge in [-0.25, -0.2) is 0 Å². The van der Waals surface area contributed by atoms with Gasteiger partial charge < -0.3 is 10.8 Å². The third-order valence-electron chi connectivity index (χ3n) is 4.47. The molecule has 0 radical (unpaired) electrons. The monoisotopic (exact) mass is 344 g/mol. The molecule has 2 aliphatic heterocycles. The van der Waals surface area contributed by atoms with Crippen LogP contribution in [0.15, 0.2) is 15.9 Å². The Morgan fingerprint density at radius 1 is 1.37 bits per heavy atom. The maximum Gasteiger partial charge on any atom is 0.0702 e. The van der Waals surface area contributed by atoms with Crippen molar-refractivity contribution in [1.82, 2.24) is 4.90 Å². The minimum atomic E-state index is -0.113. The number of aliphatic hydroxyl groups excluding tert-OH is 1. The normalized spacial score (nSPS) is 34.4. The number of rotatable bonds is 3. The molecule has 3 nitrogen and oxygen atoms in total. The van der Waals surface area contributed by atoms with Crippen LogP contribution >= 0.6 is 27.3 Å². The topological polar surface area (TPSA) is 49.5 Å². The first-order chi connectivity index (χ1) is 9.06. The van der Waals surface area contributed by atoms with Crippen LogP contribution in [0.25, 0.3) is 0 Å². The van der Waals surface area contributed by atoms with E-state index in [4.69, 9.17) is 5.73 Å². The number of hydrogen-bond donors (Lipinski definition) is 2. The molecule has 2 aliphatic rings. The number of piperidine rings is 1. The lowest BCUT2D eigenvalue weighted by molar-refractivity contribution is 0.00506. The number of nitrogens with zero attached hydrogens (tertiary/aromatic N) is 1. The van der Waals surface area contributed by atoms with Crippen molar-refractivity contribution in [2.45, 2.75) is 62.9 Å². The second-order valence-electron chi connectivity index (χ2n) is 5.90. The minimum absolute atomic E-state index is 0.113. The molecule has 3 rings (SSSR count). The van der Waals surface area contributed by atoms with Crippen molar-refractivity contribution in [2.75, 3.05) is 0 Å². The van der Waals surface area contributed by atoms with Gasteiger partial charge in [-0.15, -0.1) is 11.3 Å². The van der Waals surface area contributed by atoms with Gasteiger partial charge in [0.1, 0.15) is 0 Å². The Hall–Kier alpha value is 0.0600. The molecule has 19 heavy (non-hydrogen) atoms. The van der Waals surface area contributed by atoms with Crippen LogP contribution in [0.5, 0.6) is 0 Å². The summed E-state index contributed by atoms with van der Waals surface area (Å²) in [5, 5.41) is 9.94. The Bertz CT molecular complexity index is 436. The van der Waals surface area contributed by atoms with E-state index in [-0.39, 0.29) is 12.1 Å². The number of nitrogens with two attached hydrogens (primary N) is 1. The van der Waals surface area contributed by atoms with Gasteiger partial charge in [-0.3, -0.25) is 4.90 Å². The summed E-state index contributed by atoms with van der Waals surface area (Å²) in [5.74, 6) is 0. The van der Waals surface area contributed by atoms with Gasteiger partial charge in [0.2, 0.25) is 0 Å². The van der Waals surface area contributed by atoms with Gasteiger partial charge >= 0.3 is 0 Å². The predicted octanol–water partition coefficient (Wildman–Crippen LogP) is 2.89. The molecule has 0 aliphatic carbocycles. The van der Waals surface area contributed by atoms with Crippen LogP contribution in [0.1, 0.15) is 43.5 Å². The van der Waals surface area contributed by atoms with E-state index in [0.717, 1.165) is 16.6 Å². The van der Waals surface area contributed by atoms with Crippen molar-refractivity contribution >= 4 is 27.3 Å². The third-order valence-corrected chi connectivity index (χ3v) is 6.16. The number of halogens is 1. The summed E-state index contributed by atoms with van der Waals surface area (Å²) < 4.78 is 1.16. The molecule has 106 valence electrons. The van der Waals surface area contributed by atoms with Gasteiger partial charge in [0.15, 0.2) is 0 Å².